The molecule has 5 heteroatoms. The summed E-state index contributed by atoms with van der Waals surface area (Å²) >= 11 is 1.93. The first-order chi connectivity index (χ1) is 8.16. The molecular formula is C12H15F2NOS. The maximum Gasteiger partial charge on any atom is 0.187 e. The molecule has 1 saturated heterocycles. The molecule has 2 rings (SSSR count). The minimum Gasteiger partial charge on any atom is -0.503 e. The van der Waals surface area contributed by atoms with E-state index in [4.69, 9.17) is 5.11 Å². The highest BCUT2D eigenvalue weighted by Crippen LogP contribution is 2.22. The van der Waals surface area contributed by atoms with Crippen molar-refractivity contribution in [3.05, 3.63) is 29.3 Å². The van der Waals surface area contributed by atoms with Crippen LogP contribution in [-0.2, 0) is 6.54 Å². The fourth-order valence-electron chi connectivity index (χ4n) is 1.88. The molecule has 0 radical (unpaired) electrons. The number of aromatic hydroxyl groups is 1. The Morgan fingerprint density at radius 1 is 1.24 bits per heavy atom. The third kappa shape index (κ3) is 3.33. The van der Waals surface area contributed by atoms with Gasteiger partial charge in [0.15, 0.2) is 17.4 Å². The first-order valence-corrected chi connectivity index (χ1v) is 6.80. The number of hydrogen-bond donors (Lipinski definition) is 2. The lowest BCUT2D eigenvalue weighted by atomic mass is 10.1. The van der Waals surface area contributed by atoms with Gasteiger partial charge in [-0.15, -0.1) is 0 Å². The van der Waals surface area contributed by atoms with Crippen LogP contribution in [0.5, 0.6) is 5.75 Å². The largest absolute Gasteiger partial charge is 0.503 e. The van der Waals surface area contributed by atoms with Gasteiger partial charge in [-0.3, -0.25) is 0 Å². The van der Waals surface area contributed by atoms with Crippen LogP contribution >= 0.6 is 11.8 Å². The van der Waals surface area contributed by atoms with Gasteiger partial charge >= 0.3 is 0 Å². The fraction of sp³-hybridized carbons (Fsp3) is 0.500. The van der Waals surface area contributed by atoms with Crippen molar-refractivity contribution in [1.82, 2.24) is 5.32 Å². The summed E-state index contributed by atoms with van der Waals surface area (Å²) < 4.78 is 26.2. The summed E-state index contributed by atoms with van der Waals surface area (Å²) in [5, 5.41) is 12.3. The van der Waals surface area contributed by atoms with Crippen LogP contribution in [0.1, 0.15) is 18.4 Å². The van der Waals surface area contributed by atoms with Gasteiger partial charge in [0.25, 0.3) is 0 Å². The monoisotopic (exact) mass is 259 g/mol. The van der Waals surface area contributed by atoms with E-state index in [0.717, 1.165) is 24.3 Å². The third-order valence-corrected chi connectivity index (χ3v) is 3.94. The van der Waals surface area contributed by atoms with Crippen molar-refractivity contribution < 1.29 is 13.9 Å². The number of halogens is 2. The first-order valence-electron chi connectivity index (χ1n) is 5.65. The van der Waals surface area contributed by atoms with Gasteiger partial charge in [0.2, 0.25) is 0 Å². The zero-order valence-electron chi connectivity index (χ0n) is 9.38. The van der Waals surface area contributed by atoms with E-state index in [1.807, 2.05) is 11.8 Å². The lowest BCUT2D eigenvalue weighted by Gasteiger charge is -2.22. The van der Waals surface area contributed by atoms with E-state index in [1.54, 1.807) is 0 Å². The van der Waals surface area contributed by atoms with Gasteiger partial charge in [0, 0.05) is 12.6 Å². The van der Waals surface area contributed by atoms with Crippen molar-refractivity contribution in [3.63, 3.8) is 0 Å². The smallest absolute Gasteiger partial charge is 0.187 e. The van der Waals surface area contributed by atoms with E-state index < -0.39 is 17.4 Å². The van der Waals surface area contributed by atoms with E-state index >= 15 is 0 Å². The highest BCUT2D eigenvalue weighted by Gasteiger charge is 2.14. The minimum atomic E-state index is -0.902. The normalized spacial score (nSPS) is 17.3. The highest BCUT2D eigenvalue weighted by molar-refractivity contribution is 7.99. The molecule has 94 valence electrons. The average molecular weight is 259 g/mol. The summed E-state index contributed by atoms with van der Waals surface area (Å²) in [6.07, 6.45) is 2.18. The Morgan fingerprint density at radius 3 is 2.41 bits per heavy atom. The molecule has 1 aromatic carbocycles. The number of phenols is 1. The van der Waals surface area contributed by atoms with Crippen molar-refractivity contribution in [1.29, 1.82) is 0 Å². The highest BCUT2D eigenvalue weighted by atomic mass is 32.2. The molecule has 0 bridgehead atoms. The molecule has 0 amide bonds. The number of nitrogens with one attached hydrogen (secondary N) is 1. The summed E-state index contributed by atoms with van der Waals surface area (Å²) in [5.41, 5.74) is 0.524. The molecule has 1 heterocycles. The molecule has 2 nitrogen and oxygen atoms in total. The molecule has 1 aliphatic heterocycles. The van der Waals surface area contributed by atoms with Crippen LogP contribution in [0.4, 0.5) is 8.78 Å². The molecule has 0 spiro atoms. The van der Waals surface area contributed by atoms with Crippen LogP contribution in [0.15, 0.2) is 12.1 Å². The second kappa shape index (κ2) is 5.69. The van der Waals surface area contributed by atoms with Crippen molar-refractivity contribution in [2.75, 3.05) is 11.5 Å². The summed E-state index contributed by atoms with van der Waals surface area (Å²) in [4.78, 5) is 0. The second-order valence-electron chi connectivity index (χ2n) is 4.18. The number of hydrogen-bond acceptors (Lipinski definition) is 3. The summed E-state index contributed by atoms with van der Waals surface area (Å²) in [5.74, 6) is -0.434. The molecule has 0 aromatic heterocycles. The van der Waals surface area contributed by atoms with Crippen LogP contribution in [0.3, 0.4) is 0 Å². The topological polar surface area (TPSA) is 32.3 Å². The van der Waals surface area contributed by atoms with Crippen molar-refractivity contribution in [2.24, 2.45) is 0 Å². The molecule has 0 saturated carbocycles. The minimum absolute atomic E-state index is 0.427. The summed E-state index contributed by atoms with van der Waals surface area (Å²) in [6, 6.07) is 2.77. The SMILES string of the molecule is Oc1c(F)cc(CNC2CCSCC2)cc1F. The first kappa shape index (κ1) is 12.6. The Hall–Kier alpha value is -0.810. The van der Waals surface area contributed by atoms with Crippen molar-refractivity contribution in [2.45, 2.75) is 25.4 Å². The van der Waals surface area contributed by atoms with Gasteiger partial charge in [-0.1, -0.05) is 0 Å². The molecular weight excluding hydrogens is 244 g/mol. The van der Waals surface area contributed by atoms with E-state index in [1.165, 1.54) is 12.1 Å². The Labute approximate surface area is 103 Å². The van der Waals surface area contributed by atoms with Crippen LogP contribution < -0.4 is 5.32 Å². The van der Waals surface area contributed by atoms with E-state index in [9.17, 15) is 8.78 Å². The number of phenolic OH excluding ortho intramolecular Hbond substituents is 1. The molecule has 17 heavy (non-hydrogen) atoms. The maximum absolute atomic E-state index is 13.1. The molecule has 2 N–H and O–H groups in total. The Kier molecular flexibility index (Phi) is 4.23. The zero-order valence-corrected chi connectivity index (χ0v) is 10.2. The van der Waals surface area contributed by atoms with Crippen LogP contribution in [0, 0.1) is 11.6 Å². The lowest BCUT2D eigenvalue weighted by Crippen LogP contribution is -2.32. The number of thioether (sulfide) groups is 1. The Balaban J connectivity index is 1.94. The zero-order chi connectivity index (χ0) is 12.3. The van der Waals surface area contributed by atoms with Crippen molar-refractivity contribution >= 4 is 11.8 Å². The standard InChI is InChI=1S/C12H15F2NOS/c13-10-5-8(6-11(14)12(10)16)7-15-9-1-3-17-4-2-9/h5-6,9,15-16H,1-4,7H2. The van der Waals surface area contributed by atoms with Gasteiger partial charge < -0.3 is 10.4 Å². The molecule has 1 aromatic rings. The van der Waals surface area contributed by atoms with Gasteiger partial charge in [0.05, 0.1) is 0 Å². The average Bonchev–Trinajstić information content (AvgIpc) is 2.34. The molecule has 1 aliphatic rings. The van der Waals surface area contributed by atoms with Crippen LogP contribution in [0.2, 0.25) is 0 Å². The molecule has 1 fully saturated rings. The fourth-order valence-corrected chi connectivity index (χ4v) is 2.99. The predicted octanol–water partition coefficient (Wildman–Crippen LogP) is 2.66. The van der Waals surface area contributed by atoms with Gasteiger partial charge in [-0.25, -0.2) is 8.78 Å². The molecule has 0 aliphatic carbocycles. The number of rotatable bonds is 3. The van der Waals surface area contributed by atoms with E-state index in [0.29, 0.717) is 18.2 Å². The lowest BCUT2D eigenvalue weighted by molar-refractivity contribution is 0.394. The van der Waals surface area contributed by atoms with E-state index in [-0.39, 0.29) is 0 Å². The van der Waals surface area contributed by atoms with Gasteiger partial charge in [-0.05, 0) is 42.0 Å². The molecule has 0 atom stereocenters. The van der Waals surface area contributed by atoms with Crippen molar-refractivity contribution in [3.8, 4) is 5.75 Å². The quantitative estimate of drug-likeness (QED) is 0.875. The van der Waals surface area contributed by atoms with Crippen LogP contribution in [-0.4, -0.2) is 22.7 Å². The van der Waals surface area contributed by atoms with Gasteiger partial charge in [-0.2, -0.15) is 11.8 Å². The third-order valence-electron chi connectivity index (χ3n) is 2.89. The Bertz CT molecular complexity index is 371. The van der Waals surface area contributed by atoms with Crippen LogP contribution in [0.25, 0.3) is 0 Å². The Morgan fingerprint density at radius 2 is 1.82 bits per heavy atom. The summed E-state index contributed by atoms with van der Waals surface area (Å²) in [7, 11) is 0. The number of benzene rings is 1. The second-order valence-corrected chi connectivity index (χ2v) is 5.40. The maximum atomic E-state index is 13.1. The van der Waals surface area contributed by atoms with E-state index in [2.05, 4.69) is 5.32 Å². The predicted molar refractivity (Wildman–Crippen MR) is 65.2 cm³/mol. The summed E-state index contributed by atoms with van der Waals surface area (Å²) in [6.45, 7) is 0.434. The van der Waals surface area contributed by atoms with Gasteiger partial charge in [0.1, 0.15) is 0 Å². The molecule has 0 unspecified atom stereocenters.